The van der Waals surface area contributed by atoms with Crippen LogP contribution in [0.25, 0.3) is 28.1 Å². The maximum atomic E-state index is 13.4. The van der Waals surface area contributed by atoms with Gasteiger partial charge < -0.3 is 9.88 Å². The summed E-state index contributed by atoms with van der Waals surface area (Å²) in [6.45, 7) is 3.22. The van der Waals surface area contributed by atoms with Crippen molar-refractivity contribution in [2.45, 2.75) is 36.7 Å². The van der Waals surface area contributed by atoms with Crippen molar-refractivity contribution < 1.29 is 4.79 Å². The lowest BCUT2D eigenvalue weighted by Crippen LogP contribution is -2.40. The Morgan fingerprint density at radius 3 is 2.67 bits per heavy atom. The minimum atomic E-state index is -0.0987. The molecule has 1 fully saturated rings. The highest BCUT2D eigenvalue weighted by Gasteiger charge is 2.28. The molecule has 2 aromatic carbocycles. The van der Waals surface area contributed by atoms with E-state index in [4.69, 9.17) is 0 Å². The molecule has 1 N–H and O–H groups in total. The third-order valence-electron chi connectivity index (χ3n) is 7.75. The van der Waals surface area contributed by atoms with Gasteiger partial charge in [0.1, 0.15) is 10.7 Å². The minimum Gasteiger partial charge on any atom is -0.337 e. The third kappa shape index (κ3) is 5.28. The molecule has 0 saturated carbocycles. The summed E-state index contributed by atoms with van der Waals surface area (Å²) in [5, 5.41) is 12.4. The summed E-state index contributed by atoms with van der Waals surface area (Å²) in [4.78, 5) is 39.7. The molecule has 1 saturated heterocycles. The summed E-state index contributed by atoms with van der Waals surface area (Å²) in [7, 11) is 0. The van der Waals surface area contributed by atoms with E-state index in [9.17, 15) is 9.59 Å². The van der Waals surface area contributed by atoms with Crippen LogP contribution in [0, 0.1) is 6.92 Å². The van der Waals surface area contributed by atoms with Gasteiger partial charge in [-0.25, -0.2) is 9.78 Å². The number of likely N-dealkylation sites (tertiary alicyclic amines) is 1. The van der Waals surface area contributed by atoms with Gasteiger partial charge in [0.25, 0.3) is 5.91 Å². The number of H-pyrrole nitrogens is 1. The van der Waals surface area contributed by atoms with Gasteiger partial charge in [0, 0.05) is 42.5 Å². The fourth-order valence-electron chi connectivity index (χ4n) is 5.60. The zero-order chi connectivity index (χ0) is 29.3. The molecule has 0 unspecified atom stereocenters. The Balaban J connectivity index is 1.04. The van der Waals surface area contributed by atoms with Crippen LogP contribution in [-0.2, 0) is 5.75 Å². The smallest absolute Gasteiger partial charge is 0.326 e. The predicted octanol–water partition coefficient (Wildman–Crippen LogP) is 5.51. The number of aromatic nitrogens is 7. The number of fused-ring (bicyclic) bond motifs is 1. The zero-order valence-electron chi connectivity index (χ0n) is 23.4. The summed E-state index contributed by atoms with van der Waals surface area (Å²) in [6, 6.07) is 19.8. The summed E-state index contributed by atoms with van der Waals surface area (Å²) in [5.74, 6) is 1.21. The summed E-state index contributed by atoms with van der Waals surface area (Å²) in [5.41, 5.74) is 5.09. The molecule has 1 amide bonds. The van der Waals surface area contributed by atoms with Crippen molar-refractivity contribution in [1.29, 1.82) is 0 Å². The minimum absolute atomic E-state index is 0.0530. The predicted molar refractivity (Wildman–Crippen MR) is 168 cm³/mol. The number of benzene rings is 2. The standard InChI is InChI=1S/C31H28N8O2S2/c1-20-7-2-4-10-25(20)39-28(21-8-6-14-32-17-21)35-36-31(39)43-19-27-33-24(18-42-27)29(40)37-15-12-22(13-16-37)38-26-11-5-3-9-23(26)34-30(38)41/h2-11,14,17-18,22H,12-13,15-16,19H2,1H3,(H,34,41). The molecule has 1 aliphatic rings. The van der Waals surface area contributed by atoms with Crippen LogP contribution in [0.15, 0.2) is 88.4 Å². The lowest BCUT2D eigenvalue weighted by molar-refractivity contribution is 0.0689. The van der Waals surface area contributed by atoms with Gasteiger partial charge in [0.2, 0.25) is 0 Å². The number of pyridine rings is 1. The zero-order valence-corrected chi connectivity index (χ0v) is 25.0. The molecule has 7 rings (SSSR count). The largest absolute Gasteiger partial charge is 0.337 e. The highest BCUT2D eigenvalue weighted by molar-refractivity contribution is 7.98. The Morgan fingerprint density at radius 2 is 1.86 bits per heavy atom. The van der Waals surface area contributed by atoms with E-state index in [-0.39, 0.29) is 17.6 Å². The van der Waals surface area contributed by atoms with E-state index in [1.54, 1.807) is 12.4 Å². The first-order valence-corrected chi connectivity index (χ1v) is 15.9. The normalized spacial score (nSPS) is 14.0. The number of amides is 1. The number of carbonyl (C=O) groups is 1. The van der Waals surface area contributed by atoms with Crippen molar-refractivity contribution in [3.05, 3.63) is 105 Å². The van der Waals surface area contributed by atoms with Crippen LogP contribution in [-0.4, -0.2) is 58.2 Å². The molecule has 0 spiro atoms. The number of hydrogen-bond acceptors (Lipinski definition) is 8. The van der Waals surface area contributed by atoms with Gasteiger partial charge in [0.15, 0.2) is 11.0 Å². The lowest BCUT2D eigenvalue weighted by atomic mass is 10.0. The van der Waals surface area contributed by atoms with Gasteiger partial charge in [-0.1, -0.05) is 42.1 Å². The number of nitrogens with zero attached hydrogens (tertiary/aromatic N) is 7. The molecule has 0 bridgehead atoms. The monoisotopic (exact) mass is 608 g/mol. The van der Waals surface area contributed by atoms with Crippen LogP contribution < -0.4 is 5.69 Å². The molecular weight excluding hydrogens is 581 g/mol. The Hall–Kier alpha value is -4.55. The lowest BCUT2D eigenvalue weighted by Gasteiger charge is -2.32. The van der Waals surface area contributed by atoms with Gasteiger partial charge in [-0.05, 0) is 55.7 Å². The first-order valence-electron chi connectivity index (χ1n) is 14.0. The SMILES string of the molecule is Cc1ccccc1-n1c(SCc2nc(C(=O)N3CCC(n4c(=O)[nH]c5ccccc54)CC3)cs2)nnc1-c1cccnc1. The van der Waals surface area contributed by atoms with E-state index < -0.39 is 0 Å². The molecular formula is C31H28N8O2S2. The molecule has 5 heterocycles. The van der Waals surface area contributed by atoms with Gasteiger partial charge in [0.05, 0.1) is 22.5 Å². The van der Waals surface area contributed by atoms with Gasteiger partial charge in [-0.15, -0.1) is 21.5 Å². The number of piperidine rings is 1. The quantitative estimate of drug-likeness (QED) is 0.238. The second-order valence-electron chi connectivity index (χ2n) is 10.4. The summed E-state index contributed by atoms with van der Waals surface area (Å²) >= 11 is 3.01. The Kier molecular flexibility index (Phi) is 7.37. The number of aromatic amines is 1. The number of carbonyl (C=O) groups excluding carboxylic acids is 1. The summed E-state index contributed by atoms with van der Waals surface area (Å²) in [6.07, 6.45) is 4.96. The highest BCUT2D eigenvalue weighted by Crippen LogP contribution is 2.32. The number of thioether (sulfide) groups is 1. The molecule has 43 heavy (non-hydrogen) atoms. The number of rotatable bonds is 7. The Labute approximate surface area is 255 Å². The fourth-order valence-corrected chi connectivity index (χ4v) is 7.34. The fraction of sp³-hybridized carbons (Fsp3) is 0.226. The third-order valence-corrected chi connectivity index (χ3v) is 9.72. The molecule has 4 aromatic heterocycles. The molecule has 216 valence electrons. The number of para-hydroxylation sites is 3. The van der Waals surface area contributed by atoms with Crippen molar-refractivity contribution in [1.82, 2.24) is 39.2 Å². The van der Waals surface area contributed by atoms with E-state index in [0.717, 1.165) is 43.8 Å². The number of hydrogen-bond donors (Lipinski definition) is 1. The Morgan fingerprint density at radius 1 is 1.05 bits per heavy atom. The van der Waals surface area contributed by atoms with Gasteiger partial charge >= 0.3 is 5.69 Å². The van der Waals surface area contributed by atoms with E-state index in [1.165, 1.54) is 23.1 Å². The molecule has 12 heteroatoms. The molecule has 6 aromatic rings. The first kappa shape index (κ1) is 27.3. The van der Waals surface area contributed by atoms with E-state index in [2.05, 4.69) is 48.8 Å². The summed E-state index contributed by atoms with van der Waals surface area (Å²) < 4.78 is 3.89. The number of thiazole rings is 1. The van der Waals surface area contributed by atoms with Gasteiger partial charge in [-0.2, -0.15) is 0 Å². The topological polar surface area (TPSA) is 115 Å². The average Bonchev–Trinajstić information content (AvgIpc) is 3.77. The molecule has 0 radical (unpaired) electrons. The van der Waals surface area contributed by atoms with Crippen LogP contribution in [0.4, 0.5) is 0 Å². The van der Waals surface area contributed by atoms with Crippen LogP contribution in [0.3, 0.4) is 0 Å². The van der Waals surface area contributed by atoms with Gasteiger partial charge in [-0.3, -0.25) is 18.9 Å². The van der Waals surface area contributed by atoms with Crippen molar-refractivity contribution in [3.63, 3.8) is 0 Å². The van der Waals surface area contributed by atoms with Crippen molar-refractivity contribution in [2.24, 2.45) is 0 Å². The Bertz CT molecular complexity index is 1970. The van der Waals surface area contributed by atoms with Crippen LogP contribution >= 0.6 is 23.1 Å². The maximum absolute atomic E-state index is 13.4. The molecule has 0 atom stereocenters. The van der Waals surface area contributed by atoms with E-state index >= 15 is 0 Å². The van der Waals surface area contributed by atoms with Crippen LogP contribution in [0.1, 0.15) is 39.9 Å². The highest BCUT2D eigenvalue weighted by atomic mass is 32.2. The van der Waals surface area contributed by atoms with Crippen LogP contribution in [0.5, 0.6) is 0 Å². The molecule has 10 nitrogen and oxygen atoms in total. The maximum Gasteiger partial charge on any atom is 0.326 e. The van der Waals surface area contributed by atoms with E-state index in [0.29, 0.717) is 37.4 Å². The molecule has 0 aliphatic carbocycles. The van der Waals surface area contributed by atoms with E-state index in [1.807, 2.05) is 63.4 Å². The van der Waals surface area contributed by atoms with Crippen molar-refractivity contribution >= 4 is 40.0 Å². The first-order chi connectivity index (χ1) is 21.1. The molecule has 1 aliphatic heterocycles. The number of aryl methyl sites for hydroxylation is 1. The average molecular weight is 609 g/mol. The van der Waals surface area contributed by atoms with Crippen molar-refractivity contribution in [2.75, 3.05) is 13.1 Å². The second kappa shape index (κ2) is 11.6. The number of imidazole rings is 1. The van der Waals surface area contributed by atoms with Crippen LogP contribution in [0.2, 0.25) is 0 Å². The second-order valence-corrected chi connectivity index (χ2v) is 12.3. The van der Waals surface area contributed by atoms with Crippen molar-refractivity contribution in [3.8, 4) is 17.1 Å². The number of nitrogens with one attached hydrogen (secondary N) is 1.